The number of anilines is 3. The first-order valence-electron chi connectivity index (χ1n) is 11.9. The molecule has 4 aromatic rings. The number of rotatable bonds is 7. The molecule has 11 nitrogen and oxygen atoms in total. The van der Waals surface area contributed by atoms with Gasteiger partial charge >= 0.3 is 15.9 Å². The summed E-state index contributed by atoms with van der Waals surface area (Å²) in [6, 6.07) is 10.8. The normalized spacial score (nSPS) is 13.7. The molecule has 14 heteroatoms. The highest BCUT2D eigenvalue weighted by atomic mass is 32.2. The lowest BCUT2D eigenvalue weighted by Gasteiger charge is -2.20. The number of hydrogen-bond donors (Lipinski definition) is 2. The van der Waals surface area contributed by atoms with E-state index < -0.39 is 32.8 Å². The standard InChI is InChI=1S/C25H24BFN6O5S/c1-30(2)39(37,38)29-15-5-4-6-17(12-15)32-23-22(24(35)33(25(32)36)16-8-9-16)20(13-21(34)31(23)3)28-19-10-7-14(26)11-18(19)27/h4-7,10-13,16,28-29H,8-9H2,1-3H3. The highest BCUT2D eigenvalue weighted by molar-refractivity contribution is 7.90. The highest BCUT2D eigenvalue weighted by Gasteiger charge is 2.31. The minimum atomic E-state index is -3.85. The van der Waals surface area contributed by atoms with Gasteiger partial charge in [-0.1, -0.05) is 17.6 Å². The van der Waals surface area contributed by atoms with E-state index in [9.17, 15) is 27.2 Å². The van der Waals surface area contributed by atoms with E-state index in [0.717, 1.165) is 25.6 Å². The lowest BCUT2D eigenvalue weighted by atomic mass is 9.96. The van der Waals surface area contributed by atoms with Crippen molar-refractivity contribution in [2.45, 2.75) is 18.9 Å². The summed E-state index contributed by atoms with van der Waals surface area (Å²) >= 11 is 0. The first-order chi connectivity index (χ1) is 18.4. The van der Waals surface area contributed by atoms with Crippen LogP contribution >= 0.6 is 0 Å². The van der Waals surface area contributed by atoms with Gasteiger partial charge in [0, 0.05) is 33.3 Å². The van der Waals surface area contributed by atoms with Crippen LogP contribution in [0.25, 0.3) is 16.7 Å². The average molecular weight is 550 g/mol. The zero-order chi connectivity index (χ0) is 28.2. The molecule has 0 spiro atoms. The molecule has 200 valence electrons. The monoisotopic (exact) mass is 550 g/mol. The Bertz CT molecular complexity index is 1930. The van der Waals surface area contributed by atoms with Crippen LogP contribution < -0.4 is 32.3 Å². The Balaban J connectivity index is 1.82. The third kappa shape index (κ3) is 4.76. The highest BCUT2D eigenvalue weighted by Crippen LogP contribution is 2.33. The molecule has 0 atom stereocenters. The second kappa shape index (κ2) is 9.54. The van der Waals surface area contributed by atoms with Crippen molar-refractivity contribution in [3.05, 3.63) is 85.5 Å². The maximum Gasteiger partial charge on any atom is 0.337 e. The molecule has 1 saturated carbocycles. The second-order valence-electron chi connectivity index (χ2n) is 9.48. The van der Waals surface area contributed by atoms with Gasteiger partial charge in [0.25, 0.3) is 11.1 Å². The number of aromatic nitrogens is 3. The number of aryl methyl sites for hydroxylation is 1. The molecule has 2 radical (unpaired) electrons. The predicted octanol–water partition coefficient (Wildman–Crippen LogP) is 1.08. The summed E-state index contributed by atoms with van der Waals surface area (Å²) in [6.45, 7) is 0. The van der Waals surface area contributed by atoms with E-state index in [4.69, 9.17) is 7.85 Å². The smallest absolute Gasteiger partial charge is 0.337 e. The number of hydrogen-bond acceptors (Lipinski definition) is 6. The first-order valence-corrected chi connectivity index (χ1v) is 13.4. The van der Waals surface area contributed by atoms with Crippen LogP contribution in [0, 0.1) is 5.82 Å². The van der Waals surface area contributed by atoms with Gasteiger partial charge in [-0.3, -0.25) is 23.4 Å². The molecule has 0 unspecified atom stereocenters. The third-order valence-electron chi connectivity index (χ3n) is 6.46. The van der Waals surface area contributed by atoms with Crippen LogP contribution in [-0.2, 0) is 17.3 Å². The summed E-state index contributed by atoms with van der Waals surface area (Å²) in [4.78, 5) is 40.6. The Morgan fingerprint density at radius 3 is 2.38 bits per heavy atom. The molecule has 0 saturated heterocycles. The number of nitrogens with zero attached hydrogens (tertiary/aromatic N) is 4. The van der Waals surface area contributed by atoms with E-state index in [0.29, 0.717) is 12.8 Å². The van der Waals surface area contributed by atoms with Gasteiger partial charge in [-0.15, -0.1) is 0 Å². The molecule has 39 heavy (non-hydrogen) atoms. The summed E-state index contributed by atoms with van der Waals surface area (Å²) in [5.74, 6) is -0.694. The Labute approximate surface area is 223 Å². The van der Waals surface area contributed by atoms with Crippen molar-refractivity contribution in [3.8, 4) is 5.69 Å². The van der Waals surface area contributed by atoms with Crippen molar-refractivity contribution in [2.75, 3.05) is 24.1 Å². The molecule has 2 aromatic carbocycles. The van der Waals surface area contributed by atoms with Gasteiger partial charge in [-0.05, 0) is 43.2 Å². The largest absolute Gasteiger partial charge is 0.352 e. The molecule has 0 amide bonds. The van der Waals surface area contributed by atoms with Gasteiger partial charge in [0.15, 0.2) is 0 Å². The number of fused-ring (bicyclic) bond motifs is 1. The number of halogens is 1. The number of pyridine rings is 1. The van der Waals surface area contributed by atoms with Crippen molar-refractivity contribution < 1.29 is 12.8 Å². The molecule has 1 aliphatic rings. The zero-order valence-corrected chi connectivity index (χ0v) is 22.1. The summed E-state index contributed by atoms with van der Waals surface area (Å²) < 4.78 is 46.3. The van der Waals surface area contributed by atoms with Crippen molar-refractivity contribution in [2.24, 2.45) is 7.05 Å². The second-order valence-corrected chi connectivity index (χ2v) is 11.4. The minimum Gasteiger partial charge on any atom is -0.352 e. The quantitative estimate of drug-likeness (QED) is 0.332. The summed E-state index contributed by atoms with van der Waals surface area (Å²) in [5, 5.41) is 2.81. The fourth-order valence-electron chi connectivity index (χ4n) is 4.28. The molecule has 0 bridgehead atoms. The SMILES string of the molecule is [B]c1ccc(Nc2cc(=O)n(C)c3c2c(=O)n(C2CC2)c(=O)n3-c2cccc(NS(=O)(=O)N(C)C)c2)c(F)c1. The van der Waals surface area contributed by atoms with E-state index in [1.54, 1.807) is 6.07 Å². The topological polar surface area (TPSA) is 127 Å². The molecule has 1 fully saturated rings. The molecule has 2 aromatic heterocycles. The van der Waals surface area contributed by atoms with Gasteiger partial charge in [0.1, 0.15) is 24.7 Å². The van der Waals surface area contributed by atoms with E-state index in [-0.39, 0.29) is 45.3 Å². The van der Waals surface area contributed by atoms with Crippen molar-refractivity contribution in [1.29, 1.82) is 0 Å². The molecule has 2 N–H and O–H groups in total. The third-order valence-corrected chi connectivity index (χ3v) is 7.91. The summed E-state index contributed by atoms with van der Waals surface area (Å²) in [7, 11) is 5.94. The fourth-order valence-corrected chi connectivity index (χ4v) is 4.88. The van der Waals surface area contributed by atoms with Gasteiger partial charge in [0.2, 0.25) is 0 Å². The Kier molecular flexibility index (Phi) is 6.47. The van der Waals surface area contributed by atoms with E-state index in [1.165, 1.54) is 56.0 Å². The maximum atomic E-state index is 14.7. The van der Waals surface area contributed by atoms with Crippen LogP contribution in [0.3, 0.4) is 0 Å². The number of benzene rings is 2. The lowest BCUT2D eigenvalue weighted by Crippen LogP contribution is -2.41. The van der Waals surface area contributed by atoms with Crippen molar-refractivity contribution >= 4 is 51.6 Å². The van der Waals surface area contributed by atoms with Crippen LogP contribution in [0.15, 0.2) is 62.9 Å². The van der Waals surface area contributed by atoms with Gasteiger partial charge < -0.3 is 5.32 Å². The average Bonchev–Trinajstić information content (AvgIpc) is 3.69. The van der Waals surface area contributed by atoms with Crippen molar-refractivity contribution in [3.63, 3.8) is 0 Å². The van der Waals surface area contributed by atoms with Gasteiger partial charge in [-0.25, -0.2) is 13.8 Å². The Hall–Kier alpha value is -4.17. The van der Waals surface area contributed by atoms with Crippen LogP contribution in [0.2, 0.25) is 0 Å². The van der Waals surface area contributed by atoms with Gasteiger partial charge in [-0.2, -0.15) is 12.7 Å². The molecular formula is C25H24BFN6O5S. The van der Waals surface area contributed by atoms with Crippen LogP contribution in [0.1, 0.15) is 18.9 Å². The van der Waals surface area contributed by atoms with Crippen molar-refractivity contribution in [1.82, 2.24) is 18.0 Å². The van der Waals surface area contributed by atoms with Crippen LogP contribution in [-0.4, -0.2) is 48.4 Å². The van der Waals surface area contributed by atoms with Gasteiger partial charge in [0.05, 0.1) is 22.7 Å². The zero-order valence-electron chi connectivity index (χ0n) is 21.3. The fraction of sp³-hybridized carbons (Fsp3) is 0.240. The van der Waals surface area contributed by atoms with E-state index >= 15 is 0 Å². The molecular weight excluding hydrogens is 526 g/mol. The van der Waals surface area contributed by atoms with Crippen LogP contribution in [0.4, 0.5) is 21.5 Å². The van der Waals surface area contributed by atoms with Crippen LogP contribution in [0.5, 0.6) is 0 Å². The maximum absolute atomic E-state index is 14.7. The van der Waals surface area contributed by atoms with E-state index in [1.807, 2.05) is 0 Å². The Morgan fingerprint density at radius 2 is 1.74 bits per heavy atom. The summed E-state index contributed by atoms with van der Waals surface area (Å²) in [5.41, 5.74) is -1.37. The molecule has 1 aliphatic carbocycles. The first kappa shape index (κ1) is 26.4. The number of nitrogens with one attached hydrogen (secondary N) is 2. The molecule has 5 rings (SSSR count). The molecule has 0 aliphatic heterocycles. The lowest BCUT2D eigenvalue weighted by molar-refractivity contribution is 0.527. The summed E-state index contributed by atoms with van der Waals surface area (Å²) in [6.07, 6.45) is 1.23. The van der Waals surface area contributed by atoms with E-state index in [2.05, 4.69) is 10.0 Å². The predicted molar refractivity (Wildman–Crippen MR) is 149 cm³/mol. The molecule has 2 heterocycles. The minimum absolute atomic E-state index is 0.00869. The Morgan fingerprint density at radius 1 is 1.03 bits per heavy atom.